The summed E-state index contributed by atoms with van der Waals surface area (Å²) >= 11 is 2.78. The average molecular weight is 187 g/mol. The normalized spacial score (nSPS) is 16.1. The van der Waals surface area contributed by atoms with Crippen LogP contribution in [-0.2, 0) is 4.57 Å². The van der Waals surface area contributed by atoms with Crippen LogP contribution in [0.4, 0.5) is 0 Å². The van der Waals surface area contributed by atoms with Crippen molar-refractivity contribution in [2.45, 2.75) is 5.85 Å². The van der Waals surface area contributed by atoms with E-state index in [2.05, 4.69) is 15.9 Å². The first-order chi connectivity index (χ1) is 3.18. The van der Waals surface area contributed by atoms with Crippen LogP contribution in [0.5, 0.6) is 0 Å². The van der Waals surface area contributed by atoms with Gasteiger partial charge in [-0.05, 0) is 0 Å². The molecule has 0 aliphatic heterocycles. The zero-order valence-corrected chi connectivity index (χ0v) is 5.85. The molecule has 3 nitrogen and oxygen atoms in total. The van der Waals surface area contributed by atoms with Crippen LogP contribution in [0.1, 0.15) is 0 Å². The molecular weight excluding hydrogens is 183 g/mol. The molecule has 0 aromatic heterocycles. The summed E-state index contributed by atoms with van der Waals surface area (Å²) in [5.41, 5.74) is 0. The third-order valence-corrected chi connectivity index (χ3v) is 2.16. The predicted octanol–water partition coefficient (Wildman–Crippen LogP) is -0.198. The third kappa shape index (κ3) is 3.12. The highest BCUT2D eigenvalue weighted by molar-refractivity contribution is 9.09. The van der Waals surface area contributed by atoms with E-state index in [-0.39, 0.29) is 5.33 Å². The van der Waals surface area contributed by atoms with Crippen molar-refractivity contribution in [3.63, 3.8) is 0 Å². The molecule has 0 aliphatic rings. The molecule has 0 aliphatic carbocycles. The van der Waals surface area contributed by atoms with Gasteiger partial charge in [0, 0.05) is 0 Å². The highest BCUT2D eigenvalue weighted by atomic mass is 79.9. The van der Waals surface area contributed by atoms with Crippen molar-refractivity contribution in [1.29, 1.82) is 0 Å². The number of aliphatic hydroxyl groups is 1. The fraction of sp³-hybridized carbons (Fsp3) is 1.00. The van der Waals surface area contributed by atoms with E-state index in [0.29, 0.717) is 0 Å². The first-order valence-electron chi connectivity index (χ1n) is 1.56. The molecule has 0 spiro atoms. The van der Waals surface area contributed by atoms with Gasteiger partial charge in [0.05, 0.1) is 5.33 Å². The summed E-state index contributed by atoms with van der Waals surface area (Å²) in [6, 6.07) is 0. The molecule has 5 heteroatoms. The van der Waals surface area contributed by atoms with Gasteiger partial charge in [-0.25, -0.2) is 0 Å². The van der Waals surface area contributed by atoms with Crippen LogP contribution in [0.25, 0.3) is 0 Å². The van der Waals surface area contributed by atoms with Crippen molar-refractivity contribution >= 4 is 24.0 Å². The lowest BCUT2D eigenvalue weighted by Gasteiger charge is -1.91. The second-order valence-corrected chi connectivity index (χ2v) is 2.73. The van der Waals surface area contributed by atoms with E-state index in [1.165, 1.54) is 0 Å². The minimum atomic E-state index is -2.65. The quantitative estimate of drug-likeness (QED) is 0.481. The number of alkyl halides is 1. The van der Waals surface area contributed by atoms with Gasteiger partial charge in [-0.3, -0.25) is 0 Å². The number of hydrogen-bond acceptors (Lipinski definition) is 3. The van der Waals surface area contributed by atoms with Crippen LogP contribution >= 0.6 is 24.0 Å². The summed E-state index contributed by atoms with van der Waals surface area (Å²) in [6.45, 7) is 0. The Bertz CT molecular complexity index is 75.3. The summed E-state index contributed by atoms with van der Waals surface area (Å²) in [4.78, 5) is 9.69. The fourth-order valence-corrected chi connectivity index (χ4v) is 0.878. The molecule has 0 bridgehead atoms. The van der Waals surface area contributed by atoms with E-state index in [1.807, 2.05) is 0 Å². The minimum Gasteiger partial charge on any atom is -0.593 e. The Morgan fingerprint density at radius 1 is 2.00 bits per heavy atom. The number of hydrogen-bond donors (Lipinski definition) is 1. The first kappa shape index (κ1) is 7.50. The van der Waals surface area contributed by atoms with E-state index >= 15 is 0 Å². The van der Waals surface area contributed by atoms with Gasteiger partial charge in [0.15, 0.2) is 0 Å². The van der Waals surface area contributed by atoms with Gasteiger partial charge >= 0.3 is 8.03 Å². The highest BCUT2D eigenvalue weighted by Gasteiger charge is 2.13. The van der Waals surface area contributed by atoms with Crippen molar-refractivity contribution in [1.82, 2.24) is 0 Å². The van der Waals surface area contributed by atoms with E-state index in [4.69, 9.17) is 5.11 Å². The molecule has 0 aromatic rings. The third-order valence-electron chi connectivity index (χ3n) is 0.381. The SMILES string of the molecule is O=[P+]([O-])C(O)CBr. The van der Waals surface area contributed by atoms with Gasteiger partial charge in [-0.15, -0.1) is 0 Å². The molecular formula is C2H4BrO3P. The minimum absolute atomic E-state index is 0.0890. The van der Waals surface area contributed by atoms with Gasteiger partial charge in [0.1, 0.15) is 0 Å². The Kier molecular flexibility index (Phi) is 3.75. The van der Waals surface area contributed by atoms with Crippen LogP contribution in [0.2, 0.25) is 0 Å². The standard InChI is InChI=1S/C2H4BrO3P/c3-1-2(4)7(5)6/h2,4H,1H2. The van der Waals surface area contributed by atoms with Crippen LogP contribution in [-0.4, -0.2) is 16.3 Å². The molecule has 0 heterocycles. The zero-order valence-electron chi connectivity index (χ0n) is 3.37. The maximum Gasteiger partial charge on any atom is 0.341 e. The molecule has 0 fully saturated rings. The van der Waals surface area contributed by atoms with E-state index < -0.39 is 13.9 Å². The summed E-state index contributed by atoms with van der Waals surface area (Å²) in [5.74, 6) is -1.23. The molecule has 0 saturated carbocycles. The Morgan fingerprint density at radius 3 is 2.43 bits per heavy atom. The van der Waals surface area contributed by atoms with Crippen molar-refractivity contribution in [2.75, 3.05) is 5.33 Å². The highest BCUT2D eigenvalue weighted by Crippen LogP contribution is 2.15. The van der Waals surface area contributed by atoms with Gasteiger partial charge in [0.25, 0.3) is 5.85 Å². The monoisotopic (exact) mass is 186 g/mol. The Balaban J connectivity index is 3.34. The number of halogens is 1. The second-order valence-electron chi connectivity index (χ2n) is 0.920. The molecule has 7 heavy (non-hydrogen) atoms. The molecule has 0 rings (SSSR count). The maximum atomic E-state index is 9.69. The molecule has 0 aromatic carbocycles. The molecule has 0 amide bonds. The predicted molar refractivity (Wildman–Crippen MR) is 27.4 cm³/mol. The summed E-state index contributed by atoms with van der Waals surface area (Å²) in [7, 11) is -2.65. The molecule has 2 atom stereocenters. The largest absolute Gasteiger partial charge is 0.593 e. The van der Waals surface area contributed by atoms with Crippen LogP contribution < -0.4 is 4.89 Å². The van der Waals surface area contributed by atoms with E-state index in [0.717, 1.165) is 0 Å². The summed E-state index contributed by atoms with van der Waals surface area (Å²) < 4.78 is 9.69. The van der Waals surface area contributed by atoms with Crippen molar-refractivity contribution in [3.8, 4) is 0 Å². The zero-order chi connectivity index (χ0) is 5.86. The Labute approximate surface area is 50.4 Å². The van der Waals surface area contributed by atoms with E-state index in [9.17, 15) is 9.46 Å². The lowest BCUT2D eigenvalue weighted by atomic mass is 10.9. The van der Waals surface area contributed by atoms with Gasteiger partial charge < -0.3 is 10.00 Å². The molecule has 0 radical (unpaired) electrons. The Hall–Kier alpha value is 0.500. The maximum absolute atomic E-state index is 9.69. The lowest BCUT2D eigenvalue weighted by molar-refractivity contribution is -0.170. The summed E-state index contributed by atoms with van der Waals surface area (Å²) in [5, 5.41) is 8.38. The molecule has 42 valence electrons. The van der Waals surface area contributed by atoms with Crippen LogP contribution in [0.3, 0.4) is 0 Å². The van der Waals surface area contributed by atoms with Gasteiger partial charge in [-0.1, -0.05) is 20.5 Å². The topological polar surface area (TPSA) is 60.4 Å². The van der Waals surface area contributed by atoms with Gasteiger partial charge in [-0.2, -0.15) is 0 Å². The lowest BCUT2D eigenvalue weighted by Crippen LogP contribution is -2.07. The van der Waals surface area contributed by atoms with Gasteiger partial charge in [0.2, 0.25) is 0 Å². The Morgan fingerprint density at radius 2 is 2.43 bits per heavy atom. The van der Waals surface area contributed by atoms with Crippen molar-refractivity contribution in [2.24, 2.45) is 0 Å². The average Bonchev–Trinajstić information content (AvgIpc) is 1.65. The van der Waals surface area contributed by atoms with E-state index in [1.54, 1.807) is 0 Å². The van der Waals surface area contributed by atoms with Crippen molar-refractivity contribution in [3.05, 3.63) is 0 Å². The first-order valence-corrected chi connectivity index (χ1v) is 3.93. The second kappa shape index (κ2) is 3.50. The van der Waals surface area contributed by atoms with Crippen molar-refractivity contribution < 1.29 is 14.6 Å². The number of rotatable bonds is 2. The molecule has 2 unspecified atom stereocenters. The van der Waals surface area contributed by atoms with Crippen LogP contribution in [0, 0.1) is 0 Å². The smallest absolute Gasteiger partial charge is 0.341 e. The fourth-order valence-electron chi connectivity index (χ4n) is 0.0563. The molecule has 1 N–H and O–H groups in total. The molecule has 0 saturated heterocycles. The number of aliphatic hydroxyl groups excluding tert-OH is 1. The van der Waals surface area contributed by atoms with Crippen LogP contribution in [0.15, 0.2) is 0 Å². The summed E-state index contributed by atoms with van der Waals surface area (Å²) in [6.07, 6.45) is 0.